The minimum absolute atomic E-state index is 0.0297. The number of amides is 1. The van der Waals surface area contributed by atoms with Gasteiger partial charge in [0, 0.05) is 30.8 Å². The summed E-state index contributed by atoms with van der Waals surface area (Å²) in [7, 11) is 0. The Hall–Kier alpha value is -1.32. The van der Waals surface area contributed by atoms with Gasteiger partial charge in [-0.3, -0.25) is 9.59 Å². The molecule has 124 valence electrons. The van der Waals surface area contributed by atoms with Crippen LogP contribution in [0.4, 0.5) is 0 Å². The van der Waals surface area contributed by atoms with Crippen molar-refractivity contribution >= 4 is 11.7 Å². The maximum atomic E-state index is 12.7. The molecule has 22 heavy (non-hydrogen) atoms. The van der Waals surface area contributed by atoms with E-state index >= 15 is 0 Å². The molecule has 0 aromatic heterocycles. The molecule has 2 rings (SSSR count). The molecule has 1 saturated carbocycles. The summed E-state index contributed by atoms with van der Waals surface area (Å²) in [5.41, 5.74) is -0.288. The summed E-state index contributed by atoms with van der Waals surface area (Å²) >= 11 is 0. The average Bonchev–Trinajstić information content (AvgIpc) is 3.18. The van der Waals surface area contributed by atoms with Crippen LogP contribution < -0.4 is 5.11 Å². The number of rotatable bonds is 5. The molecule has 0 aromatic rings. The number of carbonyl (C=O) groups excluding carboxylic acids is 2. The molecule has 0 saturated heterocycles. The summed E-state index contributed by atoms with van der Waals surface area (Å²) in [5.74, 6) is -0.271. The van der Waals surface area contributed by atoms with Gasteiger partial charge in [0.25, 0.3) is 0 Å². The van der Waals surface area contributed by atoms with E-state index in [0.717, 1.165) is 12.8 Å². The van der Waals surface area contributed by atoms with Gasteiger partial charge in [-0.2, -0.15) is 0 Å². The first-order chi connectivity index (χ1) is 10.2. The van der Waals surface area contributed by atoms with E-state index in [1.54, 1.807) is 4.90 Å². The van der Waals surface area contributed by atoms with E-state index in [9.17, 15) is 14.7 Å². The summed E-state index contributed by atoms with van der Waals surface area (Å²) < 4.78 is 0. The Morgan fingerprint density at radius 1 is 1.23 bits per heavy atom. The zero-order valence-corrected chi connectivity index (χ0v) is 14.5. The summed E-state index contributed by atoms with van der Waals surface area (Å²) in [5, 5.41) is 12.6. The number of nitrogens with zero attached hydrogens (tertiary/aromatic N) is 1. The molecule has 0 spiro atoms. The van der Waals surface area contributed by atoms with Gasteiger partial charge in [0.2, 0.25) is 5.91 Å². The molecule has 4 heteroatoms. The first-order valence-electron chi connectivity index (χ1n) is 8.41. The lowest BCUT2D eigenvalue weighted by Gasteiger charge is -2.40. The third-order valence-corrected chi connectivity index (χ3v) is 5.40. The lowest BCUT2D eigenvalue weighted by atomic mass is 9.70. The molecular formula is C18H28NO3-. The predicted molar refractivity (Wildman–Crippen MR) is 83.8 cm³/mol. The Labute approximate surface area is 133 Å². The van der Waals surface area contributed by atoms with Crippen molar-refractivity contribution < 1.29 is 14.7 Å². The van der Waals surface area contributed by atoms with Crippen molar-refractivity contribution in [2.45, 2.75) is 60.3 Å². The highest BCUT2D eigenvalue weighted by Gasteiger charge is 2.56. The molecule has 0 N–H and O–H groups in total. The molecule has 0 heterocycles. The second-order valence-electron chi connectivity index (χ2n) is 7.63. The minimum atomic E-state index is -0.482. The lowest BCUT2D eigenvalue weighted by molar-refractivity contribution is -0.313. The Morgan fingerprint density at radius 2 is 1.77 bits per heavy atom. The van der Waals surface area contributed by atoms with Crippen LogP contribution in [0.25, 0.3) is 0 Å². The zero-order chi connectivity index (χ0) is 16.7. The van der Waals surface area contributed by atoms with Crippen LogP contribution in [0.2, 0.25) is 0 Å². The van der Waals surface area contributed by atoms with Crippen LogP contribution >= 0.6 is 0 Å². The van der Waals surface area contributed by atoms with E-state index in [1.165, 1.54) is 0 Å². The fraction of sp³-hybridized carbons (Fsp3) is 0.778. The molecule has 0 aromatic carbocycles. The van der Waals surface area contributed by atoms with Gasteiger partial charge in [0.15, 0.2) is 5.78 Å². The van der Waals surface area contributed by atoms with Crippen LogP contribution in [-0.2, 0) is 9.59 Å². The molecule has 4 nitrogen and oxygen atoms in total. The summed E-state index contributed by atoms with van der Waals surface area (Å²) in [6.45, 7) is 11.1. The van der Waals surface area contributed by atoms with Gasteiger partial charge in [-0.15, -0.1) is 5.76 Å². The summed E-state index contributed by atoms with van der Waals surface area (Å²) in [4.78, 5) is 27.0. The van der Waals surface area contributed by atoms with Crippen LogP contribution in [0.15, 0.2) is 11.3 Å². The number of carbonyl (C=O) groups is 2. The predicted octanol–water partition coefficient (Wildman–Crippen LogP) is 2.27. The fourth-order valence-corrected chi connectivity index (χ4v) is 3.90. The number of hydrogen-bond donors (Lipinski definition) is 0. The summed E-state index contributed by atoms with van der Waals surface area (Å²) in [6.07, 6.45) is 2.41. The van der Waals surface area contributed by atoms with Gasteiger partial charge in [-0.1, -0.05) is 20.8 Å². The number of Topliss-reactive ketones (excluding diaryl/α,β-unsaturated/α-hetero) is 1. The van der Waals surface area contributed by atoms with E-state index in [-0.39, 0.29) is 28.8 Å². The van der Waals surface area contributed by atoms with Gasteiger partial charge < -0.3 is 10.0 Å². The van der Waals surface area contributed by atoms with Gasteiger partial charge in [0.05, 0.1) is 0 Å². The SMILES string of the molecule is CCN(CC)C(=O)C(C)C1(C2=C([O-])CC(C)(C)CC2=O)CC1. The number of allylic oxidation sites excluding steroid dienone is 2. The molecule has 0 aliphatic heterocycles. The lowest BCUT2D eigenvalue weighted by Crippen LogP contribution is -2.42. The van der Waals surface area contributed by atoms with E-state index in [4.69, 9.17) is 0 Å². The summed E-state index contributed by atoms with van der Waals surface area (Å²) in [6, 6.07) is 0. The maximum Gasteiger partial charge on any atom is 0.226 e. The smallest absolute Gasteiger partial charge is 0.226 e. The molecular weight excluding hydrogens is 278 g/mol. The van der Waals surface area contributed by atoms with Gasteiger partial charge in [-0.05, 0) is 44.1 Å². The highest BCUT2D eigenvalue weighted by atomic mass is 16.3. The van der Waals surface area contributed by atoms with Crippen LogP contribution in [-0.4, -0.2) is 29.7 Å². The average molecular weight is 306 g/mol. The molecule has 1 unspecified atom stereocenters. The Morgan fingerprint density at radius 3 is 2.18 bits per heavy atom. The van der Waals surface area contributed by atoms with Crippen molar-refractivity contribution in [3.8, 4) is 0 Å². The first kappa shape index (κ1) is 17.0. The van der Waals surface area contributed by atoms with Crippen molar-refractivity contribution in [1.29, 1.82) is 0 Å². The normalized spacial score (nSPS) is 24.1. The maximum absolute atomic E-state index is 12.7. The Kier molecular flexibility index (Phi) is 4.42. The molecule has 1 atom stereocenters. The molecule has 2 aliphatic rings. The highest BCUT2D eigenvalue weighted by Crippen LogP contribution is 2.60. The molecule has 0 radical (unpaired) electrons. The van der Waals surface area contributed by atoms with Crippen molar-refractivity contribution in [1.82, 2.24) is 4.90 Å². The number of ketones is 1. The van der Waals surface area contributed by atoms with E-state index in [2.05, 4.69) is 0 Å². The second kappa shape index (κ2) is 5.71. The fourth-order valence-electron chi connectivity index (χ4n) is 3.90. The number of hydrogen-bond acceptors (Lipinski definition) is 3. The van der Waals surface area contributed by atoms with Crippen LogP contribution in [0.5, 0.6) is 0 Å². The van der Waals surface area contributed by atoms with Crippen LogP contribution in [0.3, 0.4) is 0 Å². The van der Waals surface area contributed by atoms with E-state index in [0.29, 0.717) is 31.5 Å². The third kappa shape index (κ3) is 2.80. The van der Waals surface area contributed by atoms with Crippen molar-refractivity contribution in [2.24, 2.45) is 16.7 Å². The molecule has 1 amide bonds. The van der Waals surface area contributed by atoms with Crippen molar-refractivity contribution in [3.05, 3.63) is 11.3 Å². The highest BCUT2D eigenvalue weighted by molar-refractivity contribution is 6.00. The Bertz CT molecular complexity index is 510. The van der Waals surface area contributed by atoms with Crippen LogP contribution in [0.1, 0.15) is 60.3 Å². The quantitative estimate of drug-likeness (QED) is 0.783. The molecule has 1 fully saturated rings. The van der Waals surface area contributed by atoms with Gasteiger partial charge in [-0.25, -0.2) is 0 Å². The van der Waals surface area contributed by atoms with E-state index in [1.807, 2.05) is 34.6 Å². The van der Waals surface area contributed by atoms with Crippen molar-refractivity contribution in [3.63, 3.8) is 0 Å². The standard InChI is InChI=1S/C18H29NO3/c1-6-19(7-2)16(22)12(3)18(8-9-18)15-13(20)10-17(4,5)11-14(15)21/h12,20H,6-11H2,1-5H3/p-1. The van der Waals surface area contributed by atoms with Gasteiger partial charge in [0.1, 0.15) is 0 Å². The van der Waals surface area contributed by atoms with Gasteiger partial charge >= 0.3 is 0 Å². The van der Waals surface area contributed by atoms with E-state index < -0.39 is 5.41 Å². The molecule has 2 aliphatic carbocycles. The monoisotopic (exact) mass is 306 g/mol. The third-order valence-electron chi connectivity index (χ3n) is 5.40. The Balaban J connectivity index is 2.31. The molecule has 0 bridgehead atoms. The first-order valence-corrected chi connectivity index (χ1v) is 8.41. The minimum Gasteiger partial charge on any atom is -0.875 e. The second-order valence-corrected chi connectivity index (χ2v) is 7.63. The topological polar surface area (TPSA) is 60.4 Å². The largest absolute Gasteiger partial charge is 0.875 e. The zero-order valence-electron chi connectivity index (χ0n) is 14.5. The van der Waals surface area contributed by atoms with Crippen LogP contribution in [0, 0.1) is 16.7 Å². The van der Waals surface area contributed by atoms with Crippen molar-refractivity contribution in [2.75, 3.05) is 13.1 Å².